The molecule has 32 heavy (non-hydrogen) atoms. The number of carbonyl (C=O) groups excluding carboxylic acids is 1. The summed E-state index contributed by atoms with van der Waals surface area (Å²) in [5.74, 6) is 0.910. The molecule has 1 fully saturated rings. The number of likely N-dealkylation sites (tertiary alicyclic amines) is 1. The summed E-state index contributed by atoms with van der Waals surface area (Å²) in [5, 5.41) is 0. The van der Waals surface area contributed by atoms with Crippen molar-refractivity contribution in [2.24, 2.45) is 10.1 Å². The zero-order valence-electron chi connectivity index (χ0n) is 18.6. The zero-order valence-corrected chi connectivity index (χ0v) is 19.4. The Morgan fingerprint density at radius 3 is 2.81 bits per heavy atom. The van der Waals surface area contributed by atoms with E-state index in [1.165, 1.54) is 0 Å². The number of carbonyl (C=O) groups is 1. The number of pyridine rings is 1. The summed E-state index contributed by atoms with van der Waals surface area (Å²) in [6, 6.07) is 9.32. The van der Waals surface area contributed by atoms with E-state index in [0.29, 0.717) is 36.4 Å². The number of hydrogen-bond donors (Lipinski definition) is 2. The second-order valence-electron chi connectivity index (χ2n) is 7.41. The molecule has 0 bridgehead atoms. The molecule has 3 heterocycles. The first-order valence-corrected chi connectivity index (χ1v) is 12.2. The molecule has 0 radical (unpaired) electrons. The Labute approximate surface area is 192 Å². The molecule has 1 amide bonds. The lowest BCUT2D eigenvalue weighted by Crippen LogP contribution is -2.46. The molecule has 2 aromatic rings. The van der Waals surface area contributed by atoms with Crippen molar-refractivity contribution >= 4 is 28.6 Å². The number of benzene rings is 1. The van der Waals surface area contributed by atoms with Crippen molar-refractivity contribution in [1.29, 1.82) is 0 Å². The van der Waals surface area contributed by atoms with Crippen molar-refractivity contribution in [3.8, 4) is 5.75 Å². The third-order valence-electron chi connectivity index (χ3n) is 5.42. The molecule has 2 atom stereocenters. The van der Waals surface area contributed by atoms with Gasteiger partial charge in [0.2, 0.25) is 17.1 Å². The van der Waals surface area contributed by atoms with E-state index in [2.05, 4.69) is 14.1 Å². The third kappa shape index (κ3) is 5.85. The molecule has 2 aliphatic rings. The highest BCUT2D eigenvalue weighted by Gasteiger charge is 2.28. The van der Waals surface area contributed by atoms with Crippen LogP contribution in [0.4, 0.5) is 5.69 Å². The van der Waals surface area contributed by atoms with E-state index in [-0.39, 0.29) is 17.8 Å². The highest BCUT2D eigenvalue weighted by atomic mass is 32.2. The van der Waals surface area contributed by atoms with Crippen molar-refractivity contribution in [2.75, 3.05) is 17.9 Å². The molecular weight excluding hydrogens is 426 g/mol. The van der Waals surface area contributed by atoms with Gasteiger partial charge < -0.3 is 15.4 Å². The lowest BCUT2D eigenvalue weighted by atomic mass is 10.0. The number of rotatable bonds is 6. The summed E-state index contributed by atoms with van der Waals surface area (Å²) in [6.07, 6.45) is 7.65. The lowest BCUT2D eigenvalue weighted by Gasteiger charge is -2.36. The standard InChI is InChI=1S/C21H25N5O3S.C2H6/c22-21-20-17(24-30(28)25-21)5-3-6-18(20)29-14-16-4-1-2-13-26(16)19(27)8-7-15-9-11-23-12-10-15;1-2/h3,5-6,9-12,16,24H,1-2,4,7-8,13-14H2,(H2,22,25);1-2H3. The van der Waals surface area contributed by atoms with E-state index in [0.717, 1.165) is 31.4 Å². The summed E-state index contributed by atoms with van der Waals surface area (Å²) in [4.78, 5) is 18.9. The van der Waals surface area contributed by atoms with Crippen LogP contribution in [-0.2, 0) is 22.4 Å². The van der Waals surface area contributed by atoms with Crippen molar-refractivity contribution in [3.05, 3.63) is 53.9 Å². The second-order valence-corrected chi connectivity index (χ2v) is 8.29. The smallest absolute Gasteiger partial charge is 0.245 e. The summed E-state index contributed by atoms with van der Waals surface area (Å²) in [7, 11) is 0. The first-order chi connectivity index (χ1) is 15.6. The van der Waals surface area contributed by atoms with Gasteiger partial charge in [0.05, 0.1) is 17.3 Å². The van der Waals surface area contributed by atoms with Crippen LogP contribution < -0.4 is 15.2 Å². The van der Waals surface area contributed by atoms with Crippen molar-refractivity contribution < 1.29 is 13.7 Å². The van der Waals surface area contributed by atoms with Crippen LogP contribution in [0.3, 0.4) is 0 Å². The molecule has 2 unspecified atom stereocenters. The number of nitrogens with zero attached hydrogens (tertiary/aromatic N) is 3. The average Bonchev–Trinajstić information content (AvgIpc) is 2.83. The first-order valence-electron chi connectivity index (χ1n) is 11.1. The minimum Gasteiger partial charge on any atom is -0.491 e. The van der Waals surface area contributed by atoms with Gasteiger partial charge in [0.15, 0.2) is 0 Å². The van der Waals surface area contributed by atoms with Gasteiger partial charge in [-0.25, -0.2) is 4.21 Å². The fraction of sp³-hybridized carbons (Fsp3) is 0.435. The maximum atomic E-state index is 12.9. The molecular formula is C23H31N5O3S. The predicted octanol–water partition coefficient (Wildman–Crippen LogP) is 3.21. The van der Waals surface area contributed by atoms with Crippen LogP contribution in [-0.4, -0.2) is 45.0 Å². The van der Waals surface area contributed by atoms with Crippen molar-refractivity contribution in [1.82, 2.24) is 9.88 Å². The van der Waals surface area contributed by atoms with Gasteiger partial charge in [-0.3, -0.25) is 14.5 Å². The number of aromatic nitrogens is 1. The van der Waals surface area contributed by atoms with Crippen LogP contribution in [0, 0.1) is 0 Å². The van der Waals surface area contributed by atoms with Crippen LogP contribution >= 0.6 is 0 Å². The van der Waals surface area contributed by atoms with Crippen LogP contribution in [0.15, 0.2) is 47.1 Å². The summed E-state index contributed by atoms with van der Waals surface area (Å²) in [6.45, 7) is 5.13. The van der Waals surface area contributed by atoms with Crippen LogP contribution in [0.25, 0.3) is 0 Å². The van der Waals surface area contributed by atoms with E-state index in [1.54, 1.807) is 18.5 Å². The maximum Gasteiger partial charge on any atom is 0.245 e. The third-order valence-corrected chi connectivity index (χ3v) is 6.17. The number of nitrogens with two attached hydrogens (primary N) is 1. The Morgan fingerprint density at radius 2 is 2.03 bits per heavy atom. The molecule has 8 nitrogen and oxygen atoms in total. The normalized spacial score (nSPS) is 19.6. The topological polar surface area (TPSA) is 110 Å². The number of piperidine rings is 1. The quantitative estimate of drug-likeness (QED) is 0.692. The molecule has 1 saturated heterocycles. The Hall–Kier alpha value is -2.94. The number of fused-ring (bicyclic) bond motifs is 1. The fourth-order valence-electron chi connectivity index (χ4n) is 3.88. The van der Waals surface area contributed by atoms with E-state index in [1.807, 2.05) is 43.0 Å². The number of amides is 1. The van der Waals surface area contributed by atoms with E-state index < -0.39 is 11.2 Å². The largest absolute Gasteiger partial charge is 0.491 e. The number of hydrogen-bond acceptors (Lipinski definition) is 5. The monoisotopic (exact) mass is 457 g/mol. The van der Waals surface area contributed by atoms with Gasteiger partial charge in [-0.05, 0) is 55.5 Å². The van der Waals surface area contributed by atoms with Crippen LogP contribution in [0.2, 0.25) is 0 Å². The van der Waals surface area contributed by atoms with E-state index in [9.17, 15) is 9.00 Å². The molecule has 9 heteroatoms. The van der Waals surface area contributed by atoms with Crippen molar-refractivity contribution in [2.45, 2.75) is 52.0 Å². The molecule has 2 aliphatic heterocycles. The molecule has 1 aromatic heterocycles. The molecule has 1 aromatic carbocycles. The zero-order chi connectivity index (χ0) is 22.9. The van der Waals surface area contributed by atoms with Gasteiger partial charge in [-0.15, -0.1) is 0 Å². The lowest BCUT2D eigenvalue weighted by molar-refractivity contribution is -0.135. The SMILES string of the molecule is CC.NC1=NS(=O)Nc2cccc(OCC3CCCCN3C(=O)CCc3ccncc3)c21. The predicted molar refractivity (Wildman–Crippen MR) is 128 cm³/mol. The molecule has 0 spiro atoms. The summed E-state index contributed by atoms with van der Waals surface area (Å²) in [5.41, 5.74) is 8.34. The van der Waals surface area contributed by atoms with Gasteiger partial charge in [0, 0.05) is 25.4 Å². The number of anilines is 1. The summed E-state index contributed by atoms with van der Waals surface area (Å²) < 4.78 is 24.4. The summed E-state index contributed by atoms with van der Waals surface area (Å²) >= 11 is -1.58. The average molecular weight is 458 g/mol. The number of aryl methyl sites for hydroxylation is 1. The van der Waals surface area contributed by atoms with Crippen molar-refractivity contribution in [3.63, 3.8) is 0 Å². The molecule has 0 aliphatic carbocycles. The Bertz CT molecular complexity index is 967. The second kappa shape index (κ2) is 11.6. The Kier molecular flexibility index (Phi) is 8.61. The first kappa shape index (κ1) is 23.7. The molecule has 3 N–H and O–H groups in total. The van der Waals surface area contributed by atoms with E-state index >= 15 is 0 Å². The van der Waals surface area contributed by atoms with E-state index in [4.69, 9.17) is 10.5 Å². The molecule has 4 rings (SSSR count). The number of ether oxygens (including phenoxy) is 1. The van der Waals surface area contributed by atoms with Gasteiger partial charge in [-0.2, -0.15) is 4.40 Å². The number of amidine groups is 1. The van der Waals surface area contributed by atoms with Crippen LogP contribution in [0.5, 0.6) is 5.75 Å². The maximum absolute atomic E-state index is 12.9. The Balaban J connectivity index is 0.00000141. The highest BCUT2D eigenvalue weighted by molar-refractivity contribution is 7.85. The minimum absolute atomic E-state index is 0.0170. The van der Waals surface area contributed by atoms with Gasteiger partial charge in [0.25, 0.3) is 0 Å². The van der Waals surface area contributed by atoms with Crippen LogP contribution in [0.1, 0.15) is 50.7 Å². The molecule has 0 saturated carbocycles. The van der Waals surface area contributed by atoms with Gasteiger partial charge >= 0.3 is 0 Å². The fourth-order valence-corrected chi connectivity index (χ4v) is 4.56. The van der Waals surface area contributed by atoms with Gasteiger partial charge in [0.1, 0.15) is 18.2 Å². The minimum atomic E-state index is -1.58. The highest BCUT2D eigenvalue weighted by Crippen LogP contribution is 2.30. The number of nitrogens with one attached hydrogen (secondary N) is 1. The Morgan fingerprint density at radius 1 is 1.25 bits per heavy atom. The molecule has 172 valence electrons. The van der Waals surface area contributed by atoms with Gasteiger partial charge in [-0.1, -0.05) is 19.9 Å².